The average molecular weight is 280 g/mol. The SMILES string of the molecule is CCCNC(=O)C1COCCN1C(=O)C1CC2CC2C1. The van der Waals surface area contributed by atoms with E-state index in [1.165, 1.54) is 6.42 Å². The van der Waals surface area contributed by atoms with Crippen LogP contribution in [0.2, 0.25) is 0 Å². The molecule has 3 unspecified atom stereocenters. The van der Waals surface area contributed by atoms with Crippen LogP contribution in [0.15, 0.2) is 0 Å². The molecule has 0 aromatic heterocycles. The molecule has 2 saturated carbocycles. The summed E-state index contributed by atoms with van der Waals surface area (Å²) in [6, 6.07) is -0.431. The number of morpholine rings is 1. The van der Waals surface area contributed by atoms with Crippen molar-refractivity contribution in [1.82, 2.24) is 10.2 Å². The van der Waals surface area contributed by atoms with E-state index in [9.17, 15) is 9.59 Å². The van der Waals surface area contributed by atoms with Gasteiger partial charge in [0.05, 0.1) is 13.2 Å². The van der Waals surface area contributed by atoms with Crippen LogP contribution < -0.4 is 5.32 Å². The Hall–Kier alpha value is -1.10. The molecule has 1 aliphatic heterocycles. The highest BCUT2D eigenvalue weighted by atomic mass is 16.5. The Morgan fingerprint density at radius 3 is 2.70 bits per heavy atom. The Kier molecular flexibility index (Phi) is 3.96. The van der Waals surface area contributed by atoms with Gasteiger partial charge in [0.25, 0.3) is 0 Å². The van der Waals surface area contributed by atoms with Crippen molar-refractivity contribution in [3.63, 3.8) is 0 Å². The second kappa shape index (κ2) is 5.72. The second-order valence-corrected chi connectivity index (χ2v) is 6.34. The van der Waals surface area contributed by atoms with Crippen molar-refractivity contribution in [2.75, 3.05) is 26.3 Å². The van der Waals surface area contributed by atoms with Gasteiger partial charge in [0.1, 0.15) is 6.04 Å². The molecule has 2 amide bonds. The van der Waals surface area contributed by atoms with E-state index in [4.69, 9.17) is 4.74 Å². The minimum atomic E-state index is -0.431. The van der Waals surface area contributed by atoms with Crippen molar-refractivity contribution in [3.8, 4) is 0 Å². The highest BCUT2D eigenvalue weighted by Gasteiger charge is 2.49. The van der Waals surface area contributed by atoms with Gasteiger partial charge in [-0.05, 0) is 37.5 Å². The van der Waals surface area contributed by atoms with Crippen molar-refractivity contribution in [2.24, 2.45) is 17.8 Å². The Labute approximate surface area is 120 Å². The molecule has 3 aliphatic rings. The molecule has 0 spiro atoms. The Bertz CT molecular complexity index is 389. The molecule has 1 N–H and O–H groups in total. The van der Waals surface area contributed by atoms with Crippen LogP contribution in [-0.4, -0.2) is 49.1 Å². The summed E-state index contributed by atoms with van der Waals surface area (Å²) in [5.41, 5.74) is 0. The quantitative estimate of drug-likeness (QED) is 0.828. The van der Waals surface area contributed by atoms with E-state index in [0.717, 1.165) is 31.1 Å². The van der Waals surface area contributed by atoms with Crippen molar-refractivity contribution < 1.29 is 14.3 Å². The van der Waals surface area contributed by atoms with Crippen molar-refractivity contribution in [3.05, 3.63) is 0 Å². The summed E-state index contributed by atoms with van der Waals surface area (Å²) in [6.45, 7) is 4.11. The smallest absolute Gasteiger partial charge is 0.245 e. The Morgan fingerprint density at radius 2 is 2.00 bits per heavy atom. The summed E-state index contributed by atoms with van der Waals surface area (Å²) in [4.78, 5) is 26.6. The standard InChI is InChI=1S/C15H24N2O3/c1-2-3-16-14(18)13-9-20-5-4-17(13)15(19)12-7-10-6-11(10)8-12/h10-13H,2-9H2,1H3,(H,16,18). The van der Waals surface area contributed by atoms with Gasteiger partial charge >= 0.3 is 0 Å². The predicted octanol–water partition coefficient (Wildman–Crippen LogP) is 0.786. The first kappa shape index (κ1) is 13.9. The van der Waals surface area contributed by atoms with Crippen LogP contribution in [0.4, 0.5) is 0 Å². The molecular formula is C15H24N2O3. The zero-order valence-corrected chi connectivity index (χ0v) is 12.1. The summed E-state index contributed by atoms with van der Waals surface area (Å²) >= 11 is 0. The summed E-state index contributed by atoms with van der Waals surface area (Å²) in [7, 11) is 0. The van der Waals surface area contributed by atoms with Crippen LogP contribution in [0.3, 0.4) is 0 Å². The summed E-state index contributed by atoms with van der Waals surface area (Å²) < 4.78 is 5.40. The van der Waals surface area contributed by atoms with Crippen LogP contribution in [0.25, 0.3) is 0 Å². The molecule has 20 heavy (non-hydrogen) atoms. The van der Waals surface area contributed by atoms with Crippen molar-refractivity contribution in [2.45, 2.75) is 38.6 Å². The van der Waals surface area contributed by atoms with Crippen LogP contribution in [0, 0.1) is 17.8 Å². The zero-order chi connectivity index (χ0) is 14.1. The number of carbonyl (C=O) groups excluding carboxylic acids is 2. The van der Waals surface area contributed by atoms with Gasteiger partial charge in [-0.25, -0.2) is 0 Å². The fraction of sp³-hybridized carbons (Fsp3) is 0.867. The predicted molar refractivity (Wildman–Crippen MR) is 73.9 cm³/mol. The third-order valence-corrected chi connectivity index (χ3v) is 4.86. The van der Waals surface area contributed by atoms with E-state index in [2.05, 4.69) is 5.32 Å². The summed E-state index contributed by atoms with van der Waals surface area (Å²) in [5, 5.41) is 2.88. The fourth-order valence-corrected chi connectivity index (χ4v) is 3.60. The lowest BCUT2D eigenvalue weighted by Crippen LogP contribution is -2.57. The van der Waals surface area contributed by atoms with Gasteiger partial charge in [-0.2, -0.15) is 0 Å². The van der Waals surface area contributed by atoms with Gasteiger partial charge in [0, 0.05) is 19.0 Å². The maximum absolute atomic E-state index is 12.6. The largest absolute Gasteiger partial charge is 0.377 e. The van der Waals surface area contributed by atoms with E-state index >= 15 is 0 Å². The number of ether oxygens (including phenoxy) is 1. The number of fused-ring (bicyclic) bond motifs is 1. The van der Waals surface area contributed by atoms with Gasteiger partial charge in [-0.15, -0.1) is 0 Å². The first-order valence-corrected chi connectivity index (χ1v) is 7.86. The van der Waals surface area contributed by atoms with Crippen LogP contribution >= 0.6 is 0 Å². The number of hydrogen-bond acceptors (Lipinski definition) is 3. The maximum atomic E-state index is 12.6. The zero-order valence-electron chi connectivity index (χ0n) is 12.1. The average Bonchev–Trinajstić information content (AvgIpc) is 3.10. The molecule has 5 heteroatoms. The van der Waals surface area contributed by atoms with Gasteiger partial charge in [-0.3, -0.25) is 9.59 Å². The third kappa shape index (κ3) is 2.68. The van der Waals surface area contributed by atoms with E-state index in [1.54, 1.807) is 4.90 Å². The Morgan fingerprint density at radius 1 is 1.25 bits per heavy atom. The molecule has 1 heterocycles. The molecule has 3 fully saturated rings. The van der Waals surface area contributed by atoms with E-state index in [-0.39, 0.29) is 17.7 Å². The van der Waals surface area contributed by atoms with E-state index in [1.807, 2.05) is 6.92 Å². The molecule has 1 saturated heterocycles. The molecular weight excluding hydrogens is 256 g/mol. The highest BCUT2D eigenvalue weighted by molar-refractivity contribution is 5.89. The molecule has 5 nitrogen and oxygen atoms in total. The van der Waals surface area contributed by atoms with Crippen LogP contribution in [-0.2, 0) is 14.3 Å². The van der Waals surface area contributed by atoms with Gasteiger partial charge in [-0.1, -0.05) is 6.92 Å². The number of nitrogens with zero attached hydrogens (tertiary/aromatic N) is 1. The summed E-state index contributed by atoms with van der Waals surface area (Å²) in [5.74, 6) is 1.84. The van der Waals surface area contributed by atoms with Gasteiger partial charge in [0.2, 0.25) is 11.8 Å². The maximum Gasteiger partial charge on any atom is 0.245 e. The van der Waals surface area contributed by atoms with Crippen LogP contribution in [0.1, 0.15) is 32.6 Å². The fourth-order valence-electron chi connectivity index (χ4n) is 3.60. The lowest BCUT2D eigenvalue weighted by atomic mass is 10.0. The monoisotopic (exact) mass is 280 g/mol. The summed E-state index contributed by atoms with van der Waals surface area (Å²) in [6.07, 6.45) is 4.28. The van der Waals surface area contributed by atoms with E-state index < -0.39 is 6.04 Å². The number of carbonyl (C=O) groups is 2. The van der Waals surface area contributed by atoms with Gasteiger partial charge in [0.15, 0.2) is 0 Å². The molecule has 0 aromatic carbocycles. The minimum Gasteiger partial charge on any atom is -0.377 e. The van der Waals surface area contributed by atoms with E-state index in [0.29, 0.717) is 26.3 Å². The van der Waals surface area contributed by atoms with Crippen LogP contribution in [0.5, 0.6) is 0 Å². The first-order valence-electron chi connectivity index (χ1n) is 7.86. The number of nitrogens with one attached hydrogen (secondary N) is 1. The molecule has 112 valence electrons. The van der Waals surface area contributed by atoms with Crippen molar-refractivity contribution in [1.29, 1.82) is 0 Å². The molecule has 0 aromatic rings. The second-order valence-electron chi connectivity index (χ2n) is 6.34. The number of hydrogen-bond donors (Lipinski definition) is 1. The molecule has 0 bridgehead atoms. The number of rotatable bonds is 4. The third-order valence-electron chi connectivity index (χ3n) is 4.86. The van der Waals surface area contributed by atoms with Crippen molar-refractivity contribution >= 4 is 11.8 Å². The molecule has 0 radical (unpaired) electrons. The topological polar surface area (TPSA) is 58.6 Å². The lowest BCUT2D eigenvalue weighted by Gasteiger charge is -2.36. The molecule has 3 atom stereocenters. The molecule has 3 rings (SSSR count). The lowest BCUT2D eigenvalue weighted by molar-refractivity contribution is -0.151. The normalized spacial score (nSPS) is 35.5. The minimum absolute atomic E-state index is 0.0666. The van der Waals surface area contributed by atoms with Gasteiger partial charge < -0.3 is 15.0 Å². The first-order chi connectivity index (χ1) is 9.70. The Balaban J connectivity index is 1.62. The molecule has 2 aliphatic carbocycles. The highest BCUT2D eigenvalue weighted by Crippen LogP contribution is 2.54. The number of amides is 2.